The molecular formula is C22H23N3O4S. The first-order chi connectivity index (χ1) is 14.6. The molecule has 30 heavy (non-hydrogen) atoms. The summed E-state index contributed by atoms with van der Waals surface area (Å²) in [6.45, 7) is 0. The smallest absolute Gasteiger partial charge is 0.250 e. The van der Waals surface area contributed by atoms with E-state index in [0.717, 1.165) is 23.4 Å². The van der Waals surface area contributed by atoms with Crippen LogP contribution in [0.15, 0.2) is 48.5 Å². The number of nitrogens with one attached hydrogen (secondary N) is 1. The molecule has 0 bridgehead atoms. The summed E-state index contributed by atoms with van der Waals surface area (Å²) >= 11 is 1.37. The summed E-state index contributed by atoms with van der Waals surface area (Å²) in [7, 11) is 4.63. The number of hydrogen-bond donors (Lipinski definition) is 1. The van der Waals surface area contributed by atoms with Crippen molar-refractivity contribution in [2.45, 2.75) is 12.8 Å². The summed E-state index contributed by atoms with van der Waals surface area (Å²) < 4.78 is 15.9. The fraction of sp³-hybridized carbons (Fsp3) is 0.227. The summed E-state index contributed by atoms with van der Waals surface area (Å²) in [5.74, 6) is 1.24. The normalized spacial score (nSPS) is 10.8. The number of aryl methyl sites for hydroxylation is 2. The average Bonchev–Trinajstić information content (AvgIpc) is 3.23. The monoisotopic (exact) mass is 425 g/mol. The number of carbonyl (C=O) groups excluding carboxylic acids is 1. The Morgan fingerprint density at radius 1 is 1.00 bits per heavy atom. The molecule has 0 aliphatic heterocycles. The van der Waals surface area contributed by atoms with Gasteiger partial charge in [0, 0.05) is 12.5 Å². The number of anilines is 1. The molecular weight excluding hydrogens is 402 g/mol. The molecule has 0 aliphatic rings. The van der Waals surface area contributed by atoms with Crippen LogP contribution in [0.4, 0.5) is 5.13 Å². The van der Waals surface area contributed by atoms with Crippen LogP contribution in [0, 0.1) is 0 Å². The van der Waals surface area contributed by atoms with E-state index in [0.29, 0.717) is 22.4 Å². The van der Waals surface area contributed by atoms with Crippen molar-refractivity contribution in [1.82, 2.24) is 10.2 Å². The third kappa shape index (κ3) is 5.57. The fourth-order valence-corrected chi connectivity index (χ4v) is 3.56. The second-order valence-electron chi connectivity index (χ2n) is 6.27. The number of benzene rings is 2. The van der Waals surface area contributed by atoms with Gasteiger partial charge < -0.3 is 14.2 Å². The summed E-state index contributed by atoms with van der Waals surface area (Å²) in [6, 6.07) is 13.7. The number of rotatable bonds is 9. The molecule has 0 saturated heterocycles. The highest BCUT2D eigenvalue weighted by atomic mass is 32.1. The highest BCUT2D eigenvalue weighted by Crippen LogP contribution is 2.38. The number of hydrogen-bond acceptors (Lipinski definition) is 7. The van der Waals surface area contributed by atoms with Crippen LogP contribution in [0.1, 0.15) is 16.1 Å². The van der Waals surface area contributed by atoms with Gasteiger partial charge in [-0.05, 0) is 35.8 Å². The zero-order valence-electron chi connectivity index (χ0n) is 17.0. The minimum absolute atomic E-state index is 0.297. The largest absolute Gasteiger partial charge is 0.493 e. The van der Waals surface area contributed by atoms with E-state index in [2.05, 4.69) is 27.6 Å². The molecule has 0 unspecified atom stereocenters. The molecule has 1 N–H and O–H groups in total. The first-order valence-electron chi connectivity index (χ1n) is 9.28. The summed E-state index contributed by atoms with van der Waals surface area (Å²) in [6.07, 6.45) is 4.74. The third-order valence-corrected chi connectivity index (χ3v) is 5.18. The van der Waals surface area contributed by atoms with Crippen LogP contribution in [0.2, 0.25) is 0 Å². The lowest BCUT2D eigenvalue weighted by atomic mass is 10.1. The summed E-state index contributed by atoms with van der Waals surface area (Å²) in [4.78, 5) is 12.3. The predicted octanol–water partition coefficient (Wildman–Crippen LogP) is 4.00. The van der Waals surface area contributed by atoms with E-state index >= 15 is 0 Å². The highest BCUT2D eigenvalue weighted by Gasteiger charge is 2.12. The number of amides is 1. The van der Waals surface area contributed by atoms with Crippen LogP contribution in [0.25, 0.3) is 6.08 Å². The number of methoxy groups -OCH3 is 3. The standard InChI is InChI=1S/C22H23N3O4S/c1-27-17-13-16(14-18(28-2)21(17)29-3)9-11-19(26)23-22-25-24-20(30-22)12-10-15-7-5-4-6-8-15/h4-9,11,13-14H,10,12H2,1-3H3,(H,23,25,26). The minimum atomic E-state index is -0.297. The lowest BCUT2D eigenvalue weighted by Gasteiger charge is -2.12. The Morgan fingerprint density at radius 3 is 2.33 bits per heavy atom. The van der Waals surface area contributed by atoms with E-state index in [-0.39, 0.29) is 5.91 Å². The van der Waals surface area contributed by atoms with E-state index in [1.807, 2.05) is 18.2 Å². The van der Waals surface area contributed by atoms with Crippen LogP contribution in [-0.4, -0.2) is 37.4 Å². The highest BCUT2D eigenvalue weighted by molar-refractivity contribution is 7.15. The van der Waals surface area contributed by atoms with Crippen LogP contribution >= 0.6 is 11.3 Å². The number of nitrogens with zero attached hydrogens (tertiary/aromatic N) is 2. The molecule has 3 rings (SSSR count). The second-order valence-corrected chi connectivity index (χ2v) is 7.33. The van der Waals surface area contributed by atoms with Crippen molar-refractivity contribution in [3.63, 3.8) is 0 Å². The van der Waals surface area contributed by atoms with Crippen LogP contribution in [0.3, 0.4) is 0 Å². The molecule has 0 spiro atoms. The Morgan fingerprint density at radius 2 is 1.70 bits per heavy atom. The van der Waals surface area contributed by atoms with Gasteiger partial charge in [-0.2, -0.15) is 0 Å². The van der Waals surface area contributed by atoms with E-state index < -0.39 is 0 Å². The summed E-state index contributed by atoms with van der Waals surface area (Å²) in [5, 5.41) is 12.3. The van der Waals surface area contributed by atoms with Gasteiger partial charge in [0.1, 0.15) is 5.01 Å². The van der Waals surface area contributed by atoms with E-state index in [1.165, 1.54) is 23.0 Å². The fourth-order valence-electron chi connectivity index (χ4n) is 2.82. The Bertz CT molecular complexity index is 993. The zero-order chi connectivity index (χ0) is 21.3. The van der Waals surface area contributed by atoms with Gasteiger partial charge in [-0.1, -0.05) is 41.7 Å². The van der Waals surface area contributed by atoms with Gasteiger partial charge in [-0.15, -0.1) is 10.2 Å². The van der Waals surface area contributed by atoms with Crippen molar-refractivity contribution in [3.8, 4) is 17.2 Å². The average molecular weight is 426 g/mol. The van der Waals surface area contributed by atoms with Crippen LogP contribution in [-0.2, 0) is 17.6 Å². The number of carbonyl (C=O) groups is 1. The maximum absolute atomic E-state index is 12.3. The van der Waals surface area contributed by atoms with Gasteiger partial charge in [-0.3, -0.25) is 10.1 Å². The topological polar surface area (TPSA) is 82.6 Å². The molecule has 1 amide bonds. The molecule has 156 valence electrons. The maximum Gasteiger partial charge on any atom is 0.250 e. The van der Waals surface area contributed by atoms with Crippen molar-refractivity contribution >= 4 is 28.5 Å². The molecule has 3 aromatic rings. The van der Waals surface area contributed by atoms with Gasteiger partial charge >= 0.3 is 0 Å². The Balaban J connectivity index is 1.60. The van der Waals surface area contributed by atoms with Crippen molar-refractivity contribution in [3.05, 3.63) is 64.7 Å². The molecule has 0 radical (unpaired) electrons. The molecule has 2 aromatic carbocycles. The third-order valence-electron chi connectivity index (χ3n) is 4.28. The molecule has 0 atom stereocenters. The Labute approximate surface area is 179 Å². The molecule has 7 nitrogen and oxygen atoms in total. The van der Waals surface area contributed by atoms with Crippen molar-refractivity contribution < 1.29 is 19.0 Å². The molecule has 1 heterocycles. The predicted molar refractivity (Wildman–Crippen MR) is 118 cm³/mol. The minimum Gasteiger partial charge on any atom is -0.493 e. The quantitative estimate of drug-likeness (QED) is 0.522. The van der Waals surface area contributed by atoms with Gasteiger partial charge in [-0.25, -0.2) is 0 Å². The SMILES string of the molecule is COc1cc(C=CC(=O)Nc2nnc(CCc3ccccc3)s2)cc(OC)c1OC. The molecule has 8 heteroatoms. The van der Waals surface area contributed by atoms with E-state index in [9.17, 15) is 4.79 Å². The zero-order valence-corrected chi connectivity index (χ0v) is 17.9. The Kier molecular flexibility index (Phi) is 7.40. The number of aromatic nitrogens is 2. The van der Waals surface area contributed by atoms with E-state index in [4.69, 9.17) is 14.2 Å². The maximum atomic E-state index is 12.3. The molecule has 0 saturated carbocycles. The van der Waals surface area contributed by atoms with Gasteiger partial charge in [0.2, 0.25) is 16.8 Å². The summed E-state index contributed by atoms with van der Waals surface area (Å²) in [5.41, 5.74) is 1.98. The van der Waals surface area contributed by atoms with Crippen LogP contribution in [0.5, 0.6) is 17.2 Å². The van der Waals surface area contributed by atoms with Gasteiger partial charge in [0.15, 0.2) is 11.5 Å². The van der Waals surface area contributed by atoms with Crippen molar-refractivity contribution in [2.24, 2.45) is 0 Å². The molecule has 1 aromatic heterocycles. The van der Waals surface area contributed by atoms with E-state index in [1.54, 1.807) is 39.5 Å². The van der Waals surface area contributed by atoms with Crippen molar-refractivity contribution in [1.29, 1.82) is 0 Å². The Hall–Kier alpha value is -3.39. The van der Waals surface area contributed by atoms with Crippen LogP contribution < -0.4 is 19.5 Å². The number of ether oxygens (including phenoxy) is 3. The molecule has 0 fully saturated rings. The lowest BCUT2D eigenvalue weighted by molar-refractivity contribution is -0.111. The lowest BCUT2D eigenvalue weighted by Crippen LogP contribution is -2.07. The molecule has 0 aliphatic carbocycles. The van der Waals surface area contributed by atoms with Gasteiger partial charge in [0.05, 0.1) is 21.3 Å². The first-order valence-corrected chi connectivity index (χ1v) is 10.1. The van der Waals surface area contributed by atoms with Crippen molar-refractivity contribution in [2.75, 3.05) is 26.6 Å². The van der Waals surface area contributed by atoms with Gasteiger partial charge in [0.25, 0.3) is 0 Å². The second kappa shape index (κ2) is 10.4. The first kappa shape index (κ1) is 21.3.